The quantitative estimate of drug-likeness (QED) is 0.792. The summed E-state index contributed by atoms with van der Waals surface area (Å²) < 4.78 is 10.4. The zero-order valence-electron chi connectivity index (χ0n) is 11.2. The summed E-state index contributed by atoms with van der Waals surface area (Å²) in [5.74, 6) is 0.751. The Bertz CT molecular complexity index is 434. The Morgan fingerprint density at radius 1 is 1.33 bits per heavy atom. The van der Waals surface area contributed by atoms with Gasteiger partial charge < -0.3 is 20.5 Å². The second kappa shape index (κ2) is 5.73. The molecule has 1 aromatic carbocycles. The fraction of sp³-hybridized carbons (Fsp3) is 0.462. The van der Waals surface area contributed by atoms with E-state index in [2.05, 4.69) is 5.32 Å². The summed E-state index contributed by atoms with van der Waals surface area (Å²) >= 11 is 0. The summed E-state index contributed by atoms with van der Waals surface area (Å²) in [6.07, 6.45) is 0. The number of likely N-dealkylation sites (N-methyl/N-ethyl adjacent to an activating group) is 1. The minimum absolute atomic E-state index is 0.434. The second-order valence-electron chi connectivity index (χ2n) is 4.09. The van der Waals surface area contributed by atoms with E-state index in [1.54, 1.807) is 39.3 Å². The molecule has 0 radical (unpaired) electrons. The van der Waals surface area contributed by atoms with Crippen molar-refractivity contribution in [2.45, 2.75) is 19.4 Å². The topological polar surface area (TPSA) is 73.6 Å². The molecule has 0 aliphatic rings. The molecule has 0 heterocycles. The molecule has 3 N–H and O–H groups in total. The zero-order valence-corrected chi connectivity index (χ0v) is 11.2. The van der Waals surface area contributed by atoms with E-state index in [9.17, 15) is 4.79 Å². The minimum Gasteiger partial charge on any atom is -0.493 e. The lowest BCUT2D eigenvalue weighted by molar-refractivity contribution is -0.124. The Labute approximate surface area is 107 Å². The molecular weight excluding hydrogens is 232 g/mol. The first-order valence-electron chi connectivity index (χ1n) is 5.77. The molecule has 0 aromatic heterocycles. The third-order valence-electron chi connectivity index (χ3n) is 2.98. The van der Waals surface area contributed by atoms with E-state index >= 15 is 0 Å². The molecule has 1 atom stereocenters. The van der Waals surface area contributed by atoms with Crippen molar-refractivity contribution in [2.24, 2.45) is 5.73 Å². The standard InChI is InChI=1S/C13H20N2O3/c1-5-15-13(2,12(14)16)9-6-7-10(17-3)11(8-9)18-4/h6-8,15H,5H2,1-4H3,(H2,14,16). The fourth-order valence-electron chi connectivity index (χ4n) is 1.83. The number of hydrogen-bond donors (Lipinski definition) is 2. The number of methoxy groups -OCH3 is 2. The minimum atomic E-state index is -0.922. The van der Waals surface area contributed by atoms with Crippen molar-refractivity contribution < 1.29 is 14.3 Å². The fourth-order valence-corrected chi connectivity index (χ4v) is 1.83. The largest absolute Gasteiger partial charge is 0.493 e. The number of amides is 1. The average Bonchev–Trinajstić information content (AvgIpc) is 2.37. The van der Waals surface area contributed by atoms with Gasteiger partial charge >= 0.3 is 0 Å². The molecule has 1 unspecified atom stereocenters. The smallest absolute Gasteiger partial charge is 0.242 e. The van der Waals surface area contributed by atoms with E-state index in [1.807, 2.05) is 6.92 Å². The zero-order chi connectivity index (χ0) is 13.8. The van der Waals surface area contributed by atoms with Crippen molar-refractivity contribution in [1.29, 1.82) is 0 Å². The van der Waals surface area contributed by atoms with Gasteiger partial charge in [-0.15, -0.1) is 0 Å². The van der Waals surface area contributed by atoms with Crippen molar-refractivity contribution in [3.05, 3.63) is 23.8 Å². The van der Waals surface area contributed by atoms with Crippen molar-refractivity contribution in [2.75, 3.05) is 20.8 Å². The van der Waals surface area contributed by atoms with E-state index in [1.165, 1.54) is 0 Å². The number of hydrogen-bond acceptors (Lipinski definition) is 4. The van der Waals surface area contributed by atoms with Crippen LogP contribution in [0.5, 0.6) is 11.5 Å². The van der Waals surface area contributed by atoms with Crippen LogP contribution >= 0.6 is 0 Å². The Kier molecular flexibility index (Phi) is 4.55. The van der Waals surface area contributed by atoms with E-state index < -0.39 is 11.4 Å². The highest BCUT2D eigenvalue weighted by atomic mass is 16.5. The Balaban J connectivity index is 3.26. The molecule has 1 aromatic rings. The van der Waals surface area contributed by atoms with Crippen LogP contribution in [0.2, 0.25) is 0 Å². The van der Waals surface area contributed by atoms with Crippen LogP contribution in [-0.4, -0.2) is 26.7 Å². The van der Waals surface area contributed by atoms with Crippen LogP contribution in [0.15, 0.2) is 18.2 Å². The maximum atomic E-state index is 11.7. The second-order valence-corrected chi connectivity index (χ2v) is 4.09. The van der Waals surface area contributed by atoms with Crippen LogP contribution in [-0.2, 0) is 10.3 Å². The lowest BCUT2D eigenvalue weighted by Gasteiger charge is -2.28. The molecule has 0 fully saturated rings. The highest BCUT2D eigenvalue weighted by Gasteiger charge is 2.32. The molecule has 0 saturated carbocycles. The lowest BCUT2D eigenvalue weighted by atomic mass is 9.91. The number of carbonyl (C=O) groups is 1. The van der Waals surface area contributed by atoms with E-state index in [0.29, 0.717) is 18.0 Å². The number of rotatable bonds is 6. The molecule has 1 rings (SSSR count). The van der Waals surface area contributed by atoms with Crippen LogP contribution in [0.1, 0.15) is 19.4 Å². The molecule has 0 bridgehead atoms. The summed E-state index contributed by atoms with van der Waals surface area (Å²) in [5, 5.41) is 3.09. The third-order valence-corrected chi connectivity index (χ3v) is 2.98. The highest BCUT2D eigenvalue weighted by molar-refractivity contribution is 5.86. The van der Waals surface area contributed by atoms with Gasteiger partial charge in [-0.1, -0.05) is 13.0 Å². The molecule has 0 aliphatic heterocycles. The molecular formula is C13H20N2O3. The summed E-state index contributed by atoms with van der Waals surface area (Å²) in [5.41, 5.74) is 5.30. The van der Waals surface area contributed by atoms with Gasteiger partial charge in [-0.05, 0) is 31.2 Å². The maximum Gasteiger partial charge on any atom is 0.242 e. The number of nitrogens with one attached hydrogen (secondary N) is 1. The summed E-state index contributed by atoms with van der Waals surface area (Å²) in [6.45, 7) is 4.30. The van der Waals surface area contributed by atoms with Gasteiger partial charge in [0.05, 0.1) is 14.2 Å². The summed E-state index contributed by atoms with van der Waals surface area (Å²) in [7, 11) is 3.12. The van der Waals surface area contributed by atoms with E-state index in [4.69, 9.17) is 15.2 Å². The summed E-state index contributed by atoms with van der Waals surface area (Å²) in [4.78, 5) is 11.7. The Morgan fingerprint density at radius 2 is 1.94 bits per heavy atom. The Hall–Kier alpha value is -1.75. The van der Waals surface area contributed by atoms with Crippen LogP contribution < -0.4 is 20.5 Å². The molecule has 1 amide bonds. The molecule has 0 saturated heterocycles. The highest BCUT2D eigenvalue weighted by Crippen LogP contribution is 2.32. The van der Waals surface area contributed by atoms with Crippen molar-refractivity contribution in [1.82, 2.24) is 5.32 Å². The average molecular weight is 252 g/mol. The maximum absolute atomic E-state index is 11.7. The van der Waals surface area contributed by atoms with Gasteiger partial charge in [-0.25, -0.2) is 0 Å². The predicted octanol–water partition coefficient (Wildman–Crippen LogP) is 1.01. The van der Waals surface area contributed by atoms with Crippen molar-refractivity contribution in [3.63, 3.8) is 0 Å². The van der Waals surface area contributed by atoms with Gasteiger partial charge in [-0.2, -0.15) is 0 Å². The molecule has 5 nitrogen and oxygen atoms in total. The van der Waals surface area contributed by atoms with Gasteiger partial charge in [0.2, 0.25) is 5.91 Å². The van der Waals surface area contributed by atoms with Crippen LogP contribution in [0.25, 0.3) is 0 Å². The van der Waals surface area contributed by atoms with E-state index in [-0.39, 0.29) is 0 Å². The first kappa shape index (κ1) is 14.3. The van der Waals surface area contributed by atoms with Gasteiger partial charge in [0.1, 0.15) is 5.54 Å². The van der Waals surface area contributed by atoms with Crippen LogP contribution in [0, 0.1) is 0 Å². The number of benzene rings is 1. The molecule has 0 aliphatic carbocycles. The molecule has 18 heavy (non-hydrogen) atoms. The SMILES string of the molecule is CCNC(C)(C(N)=O)c1ccc(OC)c(OC)c1. The van der Waals surface area contributed by atoms with Gasteiger partial charge in [0.15, 0.2) is 11.5 Å². The first-order chi connectivity index (χ1) is 8.49. The first-order valence-corrected chi connectivity index (χ1v) is 5.77. The van der Waals surface area contributed by atoms with Gasteiger partial charge in [0, 0.05) is 0 Å². The predicted molar refractivity (Wildman–Crippen MR) is 69.8 cm³/mol. The van der Waals surface area contributed by atoms with Crippen molar-refractivity contribution in [3.8, 4) is 11.5 Å². The number of nitrogens with two attached hydrogens (primary N) is 1. The van der Waals surface area contributed by atoms with E-state index in [0.717, 1.165) is 5.56 Å². The molecule has 100 valence electrons. The van der Waals surface area contributed by atoms with Gasteiger partial charge in [-0.3, -0.25) is 4.79 Å². The number of primary amides is 1. The van der Waals surface area contributed by atoms with Crippen LogP contribution in [0.4, 0.5) is 0 Å². The third kappa shape index (κ3) is 2.56. The molecule has 0 spiro atoms. The number of ether oxygens (including phenoxy) is 2. The monoisotopic (exact) mass is 252 g/mol. The Morgan fingerprint density at radius 3 is 2.39 bits per heavy atom. The van der Waals surface area contributed by atoms with Gasteiger partial charge in [0.25, 0.3) is 0 Å². The number of carbonyl (C=O) groups excluding carboxylic acids is 1. The normalized spacial score (nSPS) is 13.8. The lowest BCUT2D eigenvalue weighted by Crippen LogP contribution is -2.50. The van der Waals surface area contributed by atoms with Crippen molar-refractivity contribution >= 4 is 5.91 Å². The van der Waals surface area contributed by atoms with Crippen LogP contribution in [0.3, 0.4) is 0 Å². The molecule has 5 heteroatoms. The summed E-state index contributed by atoms with van der Waals surface area (Å²) in [6, 6.07) is 5.31.